The second-order valence-corrected chi connectivity index (χ2v) is 7.40. The first kappa shape index (κ1) is 13.4. The van der Waals surface area contributed by atoms with Crippen LogP contribution in [0.4, 0.5) is 0 Å². The second-order valence-electron chi connectivity index (χ2n) is 5.03. The second kappa shape index (κ2) is 5.78. The van der Waals surface area contributed by atoms with Gasteiger partial charge in [0.2, 0.25) is 7.37 Å². The van der Waals surface area contributed by atoms with E-state index in [9.17, 15) is 4.57 Å². The highest BCUT2D eigenvalue weighted by Crippen LogP contribution is 2.57. The average Bonchev–Trinajstić information content (AvgIpc) is 2.90. The summed E-state index contributed by atoms with van der Waals surface area (Å²) in [6.07, 6.45) is 2.59. The van der Waals surface area contributed by atoms with E-state index in [-0.39, 0.29) is 5.92 Å². The van der Waals surface area contributed by atoms with Crippen molar-refractivity contribution < 1.29 is 9.09 Å². The van der Waals surface area contributed by atoms with Crippen LogP contribution in [0.25, 0.3) is 0 Å². The monoisotopic (exact) mass is 284 g/mol. The standard InChI is InChI=1S/C17H17O2P/c18-20(19-13-15-7-3-1-4-8-15)12-11-17(14-20)16-9-5-2-6-10-16/h1-12,17H,13-14H2/t17-,20-/m0/s1. The normalized spacial score (nSPS) is 24.9. The van der Waals surface area contributed by atoms with Crippen molar-refractivity contribution >= 4 is 7.37 Å². The Labute approximate surface area is 119 Å². The molecule has 3 heteroatoms. The van der Waals surface area contributed by atoms with E-state index >= 15 is 0 Å². The van der Waals surface area contributed by atoms with Crippen LogP contribution in [-0.2, 0) is 15.7 Å². The lowest BCUT2D eigenvalue weighted by Crippen LogP contribution is -1.98. The highest BCUT2D eigenvalue weighted by atomic mass is 31.2. The predicted molar refractivity (Wildman–Crippen MR) is 82.0 cm³/mol. The molecule has 0 bridgehead atoms. The van der Waals surface area contributed by atoms with Gasteiger partial charge in [-0.15, -0.1) is 0 Å². The Hall–Kier alpha value is -1.63. The van der Waals surface area contributed by atoms with Crippen molar-refractivity contribution in [3.63, 3.8) is 0 Å². The third-order valence-electron chi connectivity index (χ3n) is 3.52. The van der Waals surface area contributed by atoms with Gasteiger partial charge in [0, 0.05) is 12.1 Å². The van der Waals surface area contributed by atoms with Crippen molar-refractivity contribution in [1.82, 2.24) is 0 Å². The molecule has 0 N–H and O–H groups in total. The number of allylic oxidation sites excluding steroid dienone is 1. The van der Waals surface area contributed by atoms with Gasteiger partial charge >= 0.3 is 0 Å². The van der Waals surface area contributed by atoms with Crippen LogP contribution in [0, 0.1) is 0 Å². The Balaban J connectivity index is 1.64. The van der Waals surface area contributed by atoms with E-state index in [0.717, 1.165) is 5.56 Å². The van der Waals surface area contributed by atoms with Crippen LogP contribution < -0.4 is 0 Å². The Morgan fingerprint density at radius 1 is 1.00 bits per heavy atom. The molecule has 2 nitrogen and oxygen atoms in total. The highest BCUT2D eigenvalue weighted by Gasteiger charge is 2.30. The molecule has 2 aromatic carbocycles. The van der Waals surface area contributed by atoms with Gasteiger partial charge in [-0.05, 0) is 16.9 Å². The maximum Gasteiger partial charge on any atom is 0.226 e. The largest absolute Gasteiger partial charge is 0.321 e. The molecule has 1 aliphatic rings. The van der Waals surface area contributed by atoms with Gasteiger partial charge in [0.1, 0.15) is 0 Å². The molecule has 20 heavy (non-hydrogen) atoms. The highest BCUT2D eigenvalue weighted by molar-refractivity contribution is 7.62. The number of benzene rings is 2. The van der Waals surface area contributed by atoms with E-state index in [1.54, 1.807) is 5.82 Å². The molecule has 0 fully saturated rings. The van der Waals surface area contributed by atoms with Crippen molar-refractivity contribution in [1.29, 1.82) is 0 Å². The van der Waals surface area contributed by atoms with E-state index < -0.39 is 7.37 Å². The van der Waals surface area contributed by atoms with Crippen molar-refractivity contribution in [2.45, 2.75) is 12.5 Å². The summed E-state index contributed by atoms with van der Waals surface area (Å²) in [5, 5.41) is 0. The number of hydrogen-bond acceptors (Lipinski definition) is 2. The topological polar surface area (TPSA) is 26.3 Å². The van der Waals surface area contributed by atoms with Gasteiger partial charge in [0.25, 0.3) is 0 Å². The lowest BCUT2D eigenvalue weighted by Gasteiger charge is -2.14. The molecule has 0 aliphatic carbocycles. The lowest BCUT2D eigenvalue weighted by atomic mass is 10.0. The van der Waals surface area contributed by atoms with Gasteiger partial charge in [-0.2, -0.15) is 0 Å². The molecule has 2 atom stereocenters. The van der Waals surface area contributed by atoms with Gasteiger partial charge in [-0.3, -0.25) is 4.57 Å². The Morgan fingerprint density at radius 3 is 2.35 bits per heavy atom. The van der Waals surface area contributed by atoms with Crippen molar-refractivity contribution in [3.8, 4) is 0 Å². The van der Waals surface area contributed by atoms with Gasteiger partial charge in [0.05, 0.1) is 6.61 Å². The van der Waals surface area contributed by atoms with Crippen LogP contribution >= 0.6 is 7.37 Å². The summed E-state index contributed by atoms with van der Waals surface area (Å²) in [5.74, 6) is 1.98. The van der Waals surface area contributed by atoms with Crippen LogP contribution in [0.15, 0.2) is 72.6 Å². The van der Waals surface area contributed by atoms with Gasteiger partial charge in [0.15, 0.2) is 0 Å². The van der Waals surface area contributed by atoms with Crippen LogP contribution in [0.1, 0.15) is 17.0 Å². The molecule has 3 rings (SSSR count). The van der Waals surface area contributed by atoms with Crippen molar-refractivity contribution in [2.24, 2.45) is 0 Å². The van der Waals surface area contributed by atoms with Gasteiger partial charge in [-0.1, -0.05) is 66.7 Å². The molecule has 1 heterocycles. The van der Waals surface area contributed by atoms with Gasteiger partial charge in [-0.25, -0.2) is 0 Å². The molecule has 0 aromatic heterocycles. The number of rotatable bonds is 4. The molecular weight excluding hydrogens is 267 g/mol. The quantitative estimate of drug-likeness (QED) is 0.754. The molecule has 102 valence electrons. The third kappa shape index (κ3) is 3.09. The predicted octanol–water partition coefficient (Wildman–Crippen LogP) is 4.79. The first-order chi connectivity index (χ1) is 9.75. The van der Waals surface area contributed by atoms with E-state index in [0.29, 0.717) is 12.8 Å². The fourth-order valence-electron chi connectivity index (χ4n) is 2.40. The molecule has 0 spiro atoms. The summed E-state index contributed by atoms with van der Waals surface area (Å²) in [6.45, 7) is 0.407. The molecule has 1 aliphatic heterocycles. The van der Waals surface area contributed by atoms with Crippen LogP contribution in [0.3, 0.4) is 0 Å². The summed E-state index contributed by atoms with van der Waals surface area (Å²) in [5.41, 5.74) is 2.25. The zero-order valence-corrected chi connectivity index (χ0v) is 12.1. The molecule has 0 saturated carbocycles. The average molecular weight is 284 g/mol. The van der Waals surface area contributed by atoms with Crippen LogP contribution in [0.2, 0.25) is 0 Å². The zero-order valence-electron chi connectivity index (χ0n) is 11.2. The Kier molecular flexibility index (Phi) is 3.86. The summed E-state index contributed by atoms with van der Waals surface area (Å²) in [4.78, 5) is 0. The Morgan fingerprint density at radius 2 is 1.65 bits per heavy atom. The minimum atomic E-state index is -2.64. The zero-order chi connectivity index (χ0) is 13.8. The first-order valence-corrected chi connectivity index (χ1v) is 8.65. The van der Waals surface area contributed by atoms with E-state index in [2.05, 4.69) is 12.1 Å². The van der Waals surface area contributed by atoms with E-state index in [4.69, 9.17) is 4.52 Å². The maximum absolute atomic E-state index is 12.7. The molecule has 0 radical (unpaired) electrons. The third-order valence-corrected chi connectivity index (χ3v) is 5.61. The van der Waals surface area contributed by atoms with Crippen molar-refractivity contribution in [3.05, 3.63) is 83.7 Å². The molecule has 0 amide bonds. The molecule has 0 unspecified atom stereocenters. The van der Waals surface area contributed by atoms with Crippen molar-refractivity contribution in [2.75, 3.05) is 6.16 Å². The smallest absolute Gasteiger partial charge is 0.226 e. The maximum atomic E-state index is 12.7. The lowest BCUT2D eigenvalue weighted by molar-refractivity contribution is 0.309. The van der Waals surface area contributed by atoms with E-state index in [1.807, 2.05) is 54.6 Å². The summed E-state index contributed by atoms with van der Waals surface area (Å²) >= 11 is 0. The minimum absolute atomic E-state index is 0.206. The molecule has 2 aromatic rings. The summed E-state index contributed by atoms with van der Waals surface area (Å²) < 4.78 is 18.4. The molecule has 0 saturated heterocycles. The summed E-state index contributed by atoms with van der Waals surface area (Å²) in [6, 6.07) is 20.0. The van der Waals surface area contributed by atoms with E-state index in [1.165, 1.54) is 5.56 Å². The molecular formula is C17H17O2P. The first-order valence-electron chi connectivity index (χ1n) is 6.77. The number of hydrogen-bond donors (Lipinski definition) is 0. The fraction of sp³-hybridized carbons (Fsp3) is 0.176. The fourth-order valence-corrected chi connectivity index (χ4v) is 4.43. The van der Waals surface area contributed by atoms with Crippen LogP contribution in [0.5, 0.6) is 0 Å². The SMILES string of the molecule is O=[P@]1(OCc2ccccc2)C=C[C@H](c2ccccc2)C1. The minimum Gasteiger partial charge on any atom is -0.321 e. The van der Waals surface area contributed by atoms with Crippen LogP contribution in [-0.4, -0.2) is 6.16 Å². The Bertz CT molecular complexity index is 635. The summed E-state index contributed by atoms with van der Waals surface area (Å²) in [7, 11) is -2.64. The van der Waals surface area contributed by atoms with Gasteiger partial charge < -0.3 is 4.52 Å².